The standard InChI is InChI=1S/C28H24N4O2S/c33-27(25-16-9-17-35-25)30-29-26-23-14-7-8-15-24(23)32(28(26)34)20-31(18-21-10-3-1-4-11-21)19-22-12-5-2-6-13-22/h1-17H,18-20H2,(H,30,33)/b29-26+. The topological polar surface area (TPSA) is 65.0 Å². The molecule has 0 aliphatic carbocycles. The Hall–Kier alpha value is -4.07. The third-order valence-corrected chi connectivity index (χ3v) is 6.62. The van der Waals surface area contributed by atoms with Crippen LogP contribution in [0.5, 0.6) is 0 Å². The van der Waals surface area contributed by atoms with Crippen LogP contribution in [0.2, 0.25) is 0 Å². The lowest BCUT2D eigenvalue weighted by Crippen LogP contribution is -2.41. The third-order valence-electron chi connectivity index (χ3n) is 5.75. The molecule has 1 aromatic heterocycles. The minimum Gasteiger partial charge on any atom is -0.293 e. The fourth-order valence-corrected chi connectivity index (χ4v) is 4.73. The van der Waals surface area contributed by atoms with E-state index in [1.54, 1.807) is 17.0 Å². The summed E-state index contributed by atoms with van der Waals surface area (Å²) in [6.07, 6.45) is 0. The number of carbonyl (C=O) groups excluding carboxylic acids is 2. The molecule has 3 aromatic carbocycles. The van der Waals surface area contributed by atoms with Crippen molar-refractivity contribution in [2.45, 2.75) is 13.1 Å². The lowest BCUT2D eigenvalue weighted by atomic mass is 10.1. The number of thiophene rings is 1. The summed E-state index contributed by atoms with van der Waals surface area (Å²) in [4.78, 5) is 30.4. The molecule has 6 nitrogen and oxygen atoms in total. The lowest BCUT2D eigenvalue weighted by Gasteiger charge is -2.28. The number of nitrogens with one attached hydrogen (secondary N) is 1. The number of para-hydroxylation sites is 1. The largest absolute Gasteiger partial charge is 0.293 e. The van der Waals surface area contributed by atoms with Crippen LogP contribution in [0.3, 0.4) is 0 Å². The Morgan fingerprint density at radius 3 is 2.09 bits per heavy atom. The molecule has 1 aliphatic heterocycles. The molecule has 7 heteroatoms. The van der Waals surface area contributed by atoms with Crippen LogP contribution in [0, 0.1) is 0 Å². The first-order chi connectivity index (χ1) is 17.2. The van der Waals surface area contributed by atoms with E-state index < -0.39 is 0 Å². The van der Waals surface area contributed by atoms with Crippen molar-refractivity contribution in [2.24, 2.45) is 5.10 Å². The molecule has 0 saturated heterocycles. The minimum absolute atomic E-state index is 0.233. The Labute approximate surface area is 208 Å². The van der Waals surface area contributed by atoms with Crippen molar-refractivity contribution in [1.82, 2.24) is 10.3 Å². The maximum absolute atomic E-state index is 13.5. The van der Waals surface area contributed by atoms with Gasteiger partial charge in [0, 0.05) is 18.7 Å². The summed E-state index contributed by atoms with van der Waals surface area (Å²) in [5.74, 6) is -0.560. The van der Waals surface area contributed by atoms with E-state index in [0.717, 1.165) is 5.69 Å². The van der Waals surface area contributed by atoms with Gasteiger partial charge in [0.1, 0.15) is 0 Å². The number of hydrazone groups is 1. The molecule has 4 aromatic rings. The fraction of sp³-hybridized carbons (Fsp3) is 0.107. The smallest absolute Gasteiger partial charge is 0.281 e. The van der Waals surface area contributed by atoms with Crippen LogP contribution in [0.4, 0.5) is 5.69 Å². The highest BCUT2D eigenvalue weighted by Crippen LogP contribution is 2.30. The quantitative estimate of drug-likeness (QED) is 0.365. The van der Waals surface area contributed by atoms with E-state index in [2.05, 4.69) is 39.7 Å². The molecule has 0 bridgehead atoms. The number of anilines is 1. The zero-order valence-corrected chi connectivity index (χ0v) is 19.8. The SMILES string of the molecule is O=C(N/N=C1/C(=O)N(CN(Cc2ccccc2)Cc2ccccc2)c2ccccc21)c1cccs1. The van der Waals surface area contributed by atoms with Gasteiger partial charge < -0.3 is 0 Å². The molecule has 2 amide bonds. The van der Waals surface area contributed by atoms with Crippen LogP contribution in [-0.4, -0.2) is 29.1 Å². The van der Waals surface area contributed by atoms with Gasteiger partial charge in [0.2, 0.25) is 0 Å². The Morgan fingerprint density at radius 1 is 0.829 bits per heavy atom. The van der Waals surface area contributed by atoms with E-state index in [1.807, 2.05) is 66.0 Å². The number of benzene rings is 3. The van der Waals surface area contributed by atoms with Crippen molar-refractivity contribution in [1.29, 1.82) is 0 Å². The number of rotatable bonds is 8. The highest BCUT2D eigenvalue weighted by atomic mass is 32.1. The first-order valence-corrected chi connectivity index (χ1v) is 12.2. The predicted molar refractivity (Wildman–Crippen MR) is 139 cm³/mol. The summed E-state index contributed by atoms with van der Waals surface area (Å²) in [5, 5.41) is 6.07. The normalized spacial score (nSPS) is 13.9. The Balaban J connectivity index is 1.41. The van der Waals surface area contributed by atoms with E-state index in [1.165, 1.54) is 22.5 Å². The van der Waals surface area contributed by atoms with Gasteiger partial charge in [-0.25, -0.2) is 5.43 Å². The van der Waals surface area contributed by atoms with Gasteiger partial charge in [-0.05, 0) is 28.6 Å². The minimum atomic E-state index is -0.328. The van der Waals surface area contributed by atoms with Crippen LogP contribution in [0.25, 0.3) is 0 Å². The molecule has 2 heterocycles. The molecule has 0 radical (unpaired) electrons. The summed E-state index contributed by atoms with van der Waals surface area (Å²) in [6.45, 7) is 1.75. The third kappa shape index (κ3) is 5.21. The van der Waals surface area contributed by atoms with Crippen molar-refractivity contribution in [3.8, 4) is 0 Å². The molecule has 1 aliphatic rings. The zero-order valence-electron chi connectivity index (χ0n) is 19.0. The number of nitrogens with zero attached hydrogens (tertiary/aromatic N) is 3. The molecule has 0 unspecified atom stereocenters. The predicted octanol–water partition coefficient (Wildman–Crippen LogP) is 4.89. The van der Waals surface area contributed by atoms with E-state index in [4.69, 9.17) is 0 Å². The number of hydrogen-bond acceptors (Lipinski definition) is 5. The van der Waals surface area contributed by atoms with Crippen molar-refractivity contribution in [3.63, 3.8) is 0 Å². The molecule has 0 saturated carbocycles. The Morgan fingerprint density at radius 2 is 1.46 bits per heavy atom. The fourth-order valence-electron chi connectivity index (χ4n) is 4.12. The second-order valence-electron chi connectivity index (χ2n) is 8.23. The molecule has 0 spiro atoms. The number of amides is 2. The van der Waals surface area contributed by atoms with Gasteiger partial charge in [-0.2, -0.15) is 5.10 Å². The first-order valence-electron chi connectivity index (χ1n) is 11.3. The van der Waals surface area contributed by atoms with E-state index >= 15 is 0 Å². The van der Waals surface area contributed by atoms with Gasteiger partial charge in [0.25, 0.3) is 11.8 Å². The zero-order chi connectivity index (χ0) is 24.0. The van der Waals surface area contributed by atoms with Gasteiger partial charge in [0.05, 0.1) is 17.2 Å². The highest BCUT2D eigenvalue weighted by molar-refractivity contribution is 7.12. The van der Waals surface area contributed by atoms with Crippen molar-refractivity contribution in [3.05, 3.63) is 124 Å². The van der Waals surface area contributed by atoms with Gasteiger partial charge >= 0.3 is 0 Å². The second kappa shape index (κ2) is 10.5. The van der Waals surface area contributed by atoms with Crippen molar-refractivity contribution < 1.29 is 9.59 Å². The monoisotopic (exact) mass is 480 g/mol. The first kappa shape index (κ1) is 22.7. The van der Waals surface area contributed by atoms with Crippen LogP contribution in [0.1, 0.15) is 26.4 Å². The highest BCUT2D eigenvalue weighted by Gasteiger charge is 2.35. The molecule has 35 heavy (non-hydrogen) atoms. The summed E-state index contributed by atoms with van der Waals surface area (Å²) in [6, 6.07) is 31.5. The van der Waals surface area contributed by atoms with Gasteiger partial charge in [-0.15, -0.1) is 11.3 Å². The summed E-state index contributed by atoms with van der Waals surface area (Å²) in [5.41, 5.74) is 6.62. The van der Waals surface area contributed by atoms with E-state index in [9.17, 15) is 9.59 Å². The number of carbonyl (C=O) groups is 2. The molecule has 1 N–H and O–H groups in total. The van der Waals surface area contributed by atoms with Gasteiger partial charge in [0.15, 0.2) is 5.71 Å². The van der Waals surface area contributed by atoms with E-state index in [0.29, 0.717) is 30.2 Å². The average molecular weight is 481 g/mol. The summed E-state index contributed by atoms with van der Waals surface area (Å²) < 4.78 is 0. The van der Waals surface area contributed by atoms with Crippen LogP contribution < -0.4 is 10.3 Å². The van der Waals surface area contributed by atoms with Crippen LogP contribution >= 0.6 is 11.3 Å². The Bertz CT molecular complexity index is 1300. The van der Waals surface area contributed by atoms with Crippen molar-refractivity contribution >= 4 is 34.6 Å². The molecular weight excluding hydrogens is 456 g/mol. The molecular formula is C28H24N4O2S. The van der Waals surface area contributed by atoms with Gasteiger partial charge in [-0.1, -0.05) is 84.9 Å². The van der Waals surface area contributed by atoms with Crippen LogP contribution in [-0.2, 0) is 17.9 Å². The van der Waals surface area contributed by atoms with Gasteiger partial charge in [-0.3, -0.25) is 19.4 Å². The number of fused-ring (bicyclic) bond motifs is 1. The Kier molecular flexibility index (Phi) is 6.79. The van der Waals surface area contributed by atoms with E-state index in [-0.39, 0.29) is 17.5 Å². The molecule has 174 valence electrons. The lowest BCUT2D eigenvalue weighted by molar-refractivity contribution is -0.112. The number of hydrogen-bond donors (Lipinski definition) is 1. The van der Waals surface area contributed by atoms with Crippen LogP contribution in [0.15, 0.2) is 108 Å². The maximum atomic E-state index is 13.5. The average Bonchev–Trinajstić information content (AvgIpc) is 3.52. The summed E-state index contributed by atoms with van der Waals surface area (Å²) in [7, 11) is 0. The maximum Gasteiger partial charge on any atom is 0.281 e. The van der Waals surface area contributed by atoms with Crippen molar-refractivity contribution in [2.75, 3.05) is 11.6 Å². The second-order valence-corrected chi connectivity index (χ2v) is 9.18. The molecule has 0 fully saturated rings. The molecule has 5 rings (SSSR count). The summed E-state index contributed by atoms with van der Waals surface area (Å²) >= 11 is 1.33. The molecule has 0 atom stereocenters.